The number of hydrogen-bond donors (Lipinski definition) is 0. The van der Waals surface area contributed by atoms with Crippen molar-refractivity contribution in [2.24, 2.45) is 0 Å². The van der Waals surface area contributed by atoms with E-state index in [1.807, 2.05) is 0 Å². The third kappa shape index (κ3) is 24.7. The molecule has 0 spiro atoms. The smallest absolute Gasteiger partial charge is 0.0945 e. The lowest BCUT2D eigenvalue weighted by Crippen LogP contribution is -2.01. The predicted molar refractivity (Wildman–Crippen MR) is 45.0 cm³/mol. The predicted octanol–water partition coefficient (Wildman–Crippen LogP) is 1.85. The molecule has 0 aromatic carbocycles. The highest BCUT2D eigenvalue weighted by Crippen LogP contribution is 1.83. The Bertz CT molecular complexity index is 126. The van der Waals surface area contributed by atoms with Crippen LogP contribution in [-0.4, -0.2) is 18.7 Å². The molecule has 0 N–H and O–H groups in total. The molecule has 0 aromatic rings. The van der Waals surface area contributed by atoms with Gasteiger partial charge in [-0.05, 0) is 6.42 Å². The zero-order chi connectivity index (χ0) is 5.91. The Morgan fingerprint density at radius 2 is 1.50 bits per heavy atom. The maximum Gasteiger partial charge on any atom is 0.0945 e. The van der Waals surface area contributed by atoms with E-state index in [0.29, 0.717) is 6.42 Å². The standard InChI is InChI=1S/C3H8O3S.3CH4/c1-2-3-7(4,5)6;;;/h2-3H2,1H3,(H,4,5,6);3*1H4/p-1. The van der Waals surface area contributed by atoms with Crippen molar-refractivity contribution in [1.29, 1.82) is 0 Å². The van der Waals surface area contributed by atoms with Crippen LogP contribution in [0.15, 0.2) is 0 Å². The van der Waals surface area contributed by atoms with Crippen molar-refractivity contribution >= 4 is 10.1 Å². The molecule has 0 unspecified atom stereocenters. The van der Waals surface area contributed by atoms with E-state index in [1.54, 1.807) is 6.92 Å². The third-order valence-corrected chi connectivity index (χ3v) is 1.36. The Morgan fingerprint density at radius 1 is 1.20 bits per heavy atom. The molecule has 0 bridgehead atoms. The van der Waals surface area contributed by atoms with Crippen LogP contribution in [0.4, 0.5) is 0 Å². The quantitative estimate of drug-likeness (QED) is 0.596. The minimum atomic E-state index is -3.92. The van der Waals surface area contributed by atoms with E-state index in [2.05, 4.69) is 0 Å². The second-order valence-corrected chi connectivity index (χ2v) is 2.79. The summed E-state index contributed by atoms with van der Waals surface area (Å²) >= 11 is 0. The van der Waals surface area contributed by atoms with Crippen LogP contribution in [0, 0.1) is 0 Å². The van der Waals surface area contributed by atoms with Crippen molar-refractivity contribution in [3.63, 3.8) is 0 Å². The van der Waals surface area contributed by atoms with Crippen molar-refractivity contribution in [2.45, 2.75) is 35.6 Å². The highest BCUT2D eigenvalue weighted by Gasteiger charge is 1.86. The first kappa shape index (κ1) is 22.5. The van der Waals surface area contributed by atoms with Crippen molar-refractivity contribution in [3.05, 3.63) is 0 Å². The summed E-state index contributed by atoms with van der Waals surface area (Å²) in [7, 11) is -3.92. The highest BCUT2D eigenvalue weighted by molar-refractivity contribution is 7.85. The van der Waals surface area contributed by atoms with Crippen LogP contribution < -0.4 is 0 Å². The summed E-state index contributed by atoms with van der Waals surface area (Å²) in [6, 6.07) is 0. The monoisotopic (exact) mass is 171 g/mol. The van der Waals surface area contributed by atoms with Gasteiger partial charge in [0.1, 0.15) is 0 Å². The molecule has 0 aliphatic carbocycles. The van der Waals surface area contributed by atoms with Gasteiger partial charge in [0.2, 0.25) is 0 Å². The number of hydrogen-bond acceptors (Lipinski definition) is 3. The van der Waals surface area contributed by atoms with E-state index in [0.717, 1.165) is 0 Å². The lowest BCUT2D eigenvalue weighted by Gasteiger charge is -2.00. The molecule has 0 fully saturated rings. The van der Waals surface area contributed by atoms with Gasteiger partial charge >= 0.3 is 0 Å². The molecule has 0 saturated carbocycles. The summed E-state index contributed by atoms with van der Waals surface area (Å²) in [5.74, 6) is -0.243. The molecule has 68 valence electrons. The fourth-order valence-electron chi connectivity index (χ4n) is 0.250. The lowest BCUT2D eigenvalue weighted by atomic mass is 10.6. The minimum Gasteiger partial charge on any atom is -0.748 e. The third-order valence-electron chi connectivity index (χ3n) is 0.454. The Balaban J connectivity index is -0.0000000600. The van der Waals surface area contributed by atoms with E-state index >= 15 is 0 Å². The van der Waals surface area contributed by atoms with Crippen molar-refractivity contribution < 1.29 is 13.0 Å². The van der Waals surface area contributed by atoms with Crippen molar-refractivity contribution in [2.75, 3.05) is 5.75 Å². The van der Waals surface area contributed by atoms with Gasteiger partial charge in [-0.3, -0.25) is 0 Å². The van der Waals surface area contributed by atoms with Gasteiger partial charge < -0.3 is 4.55 Å². The lowest BCUT2D eigenvalue weighted by molar-refractivity contribution is 0.462. The second kappa shape index (κ2) is 8.91. The van der Waals surface area contributed by atoms with Crippen LogP contribution in [0.3, 0.4) is 0 Å². The molecule has 0 heterocycles. The first-order chi connectivity index (χ1) is 3.06. The fourth-order valence-corrected chi connectivity index (χ4v) is 0.750. The Labute approximate surface area is 65.2 Å². The van der Waals surface area contributed by atoms with Crippen molar-refractivity contribution in [1.82, 2.24) is 0 Å². The van der Waals surface area contributed by atoms with Gasteiger partial charge in [-0.25, -0.2) is 8.42 Å². The van der Waals surface area contributed by atoms with Crippen molar-refractivity contribution in [3.8, 4) is 0 Å². The van der Waals surface area contributed by atoms with Gasteiger partial charge in [-0.1, -0.05) is 29.2 Å². The molecule has 0 radical (unpaired) electrons. The van der Waals surface area contributed by atoms with Gasteiger partial charge in [0, 0.05) is 5.75 Å². The SMILES string of the molecule is C.C.C.CCCS(=O)(=O)[O-]. The van der Waals surface area contributed by atoms with E-state index in [9.17, 15) is 13.0 Å². The summed E-state index contributed by atoms with van der Waals surface area (Å²) in [6.45, 7) is 1.65. The summed E-state index contributed by atoms with van der Waals surface area (Å²) in [5, 5.41) is 0. The van der Waals surface area contributed by atoms with Crippen LogP contribution in [0.25, 0.3) is 0 Å². The van der Waals surface area contributed by atoms with Gasteiger partial charge in [0.25, 0.3) is 0 Å². The molecule has 0 aromatic heterocycles. The molecule has 0 atom stereocenters. The fraction of sp³-hybridized carbons (Fsp3) is 1.00. The van der Waals surface area contributed by atoms with Crippen LogP contribution >= 0.6 is 0 Å². The van der Waals surface area contributed by atoms with Gasteiger partial charge in [0.05, 0.1) is 10.1 Å². The molecular weight excluding hydrogens is 152 g/mol. The normalized spacial score (nSPS) is 8.20. The summed E-state index contributed by atoms with van der Waals surface area (Å²) in [6.07, 6.45) is 0.409. The average Bonchev–Trinajstić information content (AvgIpc) is 1.30. The molecule has 0 rings (SSSR count). The summed E-state index contributed by atoms with van der Waals surface area (Å²) < 4.78 is 29.0. The molecule has 4 heteroatoms. The largest absolute Gasteiger partial charge is 0.748 e. The van der Waals surface area contributed by atoms with E-state index in [-0.39, 0.29) is 28.0 Å². The van der Waals surface area contributed by atoms with E-state index in [4.69, 9.17) is 0 Å². The van der Waals surface area contributed by atoms with E-state index in [1.165, 1.54) is 0 Å². The number of rotatable bonds is 2. The first-order valence-corrected chi connectivity index (χ1v) is 3.57. The maximum absolute atomic E-state index is 9.68. The molecule has 0 aliphatic rings. The summed E-state index contributed by atoms with van der Waals surface area (Å²) in [4.78, 5) is 0. The van der Waals surface area contributed by atoms with Crippen LogP contribution in [0.1, 0.15) is 35.6 Å². The Kier molecular flexibility index (Phi) is 20.1. The molecule has 0 aliphatic heterocycles. The van der Waals surface area contributed by atoms with Gasteiger partial charge in [-0.2, -0.15) is 0 Å². The molecule has 3 nitrogen and oxygen atoms in total. The van der Waals surface area contributed by atoms with Crippen LogP contribution in [-0.2, 0) is 10.1 Å². The highest BCUT2D eigenvalue weighted by atomic mass is 32.2. The Hall–Kier alpha value is -0.0900. The molecule has 10 heavy (non-hydrogen) atoms. The van der Waals surface area contributed by atoms with Crippen LogP contribution in [0.2, 0.25) is 0 Å². The minimum absolute atomic E-state index is 0. The van der Waals surface area contributed by atoms with Crippen LogP contribution in [0.5, 0.6) is 0 Å². The second-order valence-electron chi connectivity index (χ2n) is 1.26. The van der Waals surface area contributed by atoms with Gasteiger partial charge in [-0.15, -0.1) is 0 Å². The zero-order valence-corrected chi connectivity index (χ0v) is 4.86. The van der Waals surface area contributed by atoms with Gasteiger partial charge in [0.15, 0.2) is 0 Å². The molecule has 0 amide bonds. The maximum atomic E-state index is 9.68. The topological polar surface area (TPSA) is 57.2 Å². The molecular formula is C6H19O3S-. The average molecular weight is 171 g/mol. The first-order valence-electron chi connectivity index (χ1n) is 2.00. The molecule has 0 saturated heterocycles. The summed E-state index contributed by atoms with van der Waals surface area (Å²) in [5.41, 5.74) is 0. The zero-order valence-electron chi connectivity index (χ0n) is 4.05. The Morgan fingerprint density at radius 3 is 1.50 bits per heavy atom. The van der Waals surface area contributed by atoms with E-state index < -0.39 is 10.1 Å².